The molecule has 3 N–H and O–H groups in total. The molecule has 0 spiro atoms. The quantitative estimate of drug-likeness (QED) is 0.643. The summed E-state index contributed by atoms with van der Waals surface area (Å²) >= 11 is 0. The van der Waals surface area contributed by atoms with Crippen molar-refractivity contribution in [2.24, 2.45) is 0 Å². The number of halogens is 1. The number of aromatic nitrogens is 3. The number of nitrogens with zero attached hydrogens (tertiary/aromatic N) is 5. The maximum Gasteiger partial charge on any atom is 0.407 e. The zero-order chi connectivity index (χ0) is 22.1. The SMILES string of the molecule is COc1cc2c(N)nc(N3CCN(C(=O)O)CC3c3ccccn3)nc2c(F)c1OC. The summed E-state index contributed by atoms with van der Waals surface area (Å²) in [4.78, 5) is 27.8. The lowest BCUT2D eigenvalue weighted by Gasteiger charge is -2.40. The van der Waals surface area contributed by atoms with Gasteiger partial charge in [0.1, 0.15) is 11.3 Å². The number of rotatable bonds is 4. The number of fused-ring (bicyclic) bond motifs is 1. The average Bonchev–Trinajstić information content (AvgIpc) is 2.79. The van der Waals surface area contributed by atoms with E-state index in [1.807, 2.05) is 6.07 Å². The van der Waals surface area contributed by atoms with Crippen LogP contribution in [0.25, 0.3) is 10.9 Å². The summed E-state index contributed by atoms with van der Waals surface area (Å²) in [6.45, 7) is 0.670. The Morgan fingerprint density at radius 3 is 2.71 bits per heavy atom. The second-order valence-corrected chi connectivity index (χ2v) is 6.92. The number of benzene rings is 1. The summed E-state index contributed by atoms with van der Waals surface area (Å²) in [5, 5.41) is 9.74. The van der Waals surface area contributed by atoms with E-state index in [0.717, 1.165) is 0 Å². The van der Waals surface area contributed by atoms with Crippen molar-refractivity contribution in [2.45, 2.75) is 6.04 Å². The molecule has 2 aromatic heterocycles. The Morgan fingerprint density at radius 2 is 2.06 bits per heavy atom. The van der Waals surface area contributed by atoms with Gasteiger partial charge in [0.05, 0.1) is 32.5 Å². The first-order valence-electron chi connectivity index (χ1n) is 9.47. The highest BCUT2D eigenvalue weighted by Crippen LogP contribution is 2.38. The molecule has 1 saturated heterocycles. The van der Waals surface area contributed by atoms with Gasteiger partial charge in [0, 0.05) is 24.7 Å². The molecule has 3 heterocycles. The van der Waals surface area contributed by atoms with Crippen LogP contribution >= 0.6 is 0 Å². The zero-order valence-corrected chi connectivity index (χ0v) is 16.9. The minimum absolute atomic E-state index is 0.0133. The van der Waals surface area contributed by atoms with Gasteiger partial charge in [0.15, 0.2) is 17.3 Å². The normalized spacial score (nSPS) is 16.4. The first kappa shape index (κ1) is 20.4. The summed E-state index contributed by atoms with van der Waals surface area (Å²) < 4.78 is 25.5. The maximum absolute atomic E-state index is 15.2. The molecule has 31 heavy (non-hydrogen) atoms. The molecule has 162 valence electrons. The predicted molar refractivity (Wildman–Crippen MR) is 111 cm³/mol. The third kappa shape index (κ3) is 3.58. The third-order valence-electron chi connectivity index (χ3n) is 5.23. The second kappa shape index (κ2) is 8.09. The van der Waals surface area contributed by atoms with Gasteiger partial charge in [-0.2, -0.15) is 4.98 Å². The number of nitrogens with two attached hydrogens (primary N) is 1. The Morgan fingerprint density at radius 1 is 1.26 bits per heavy atom. The molecule has 3 aromatic rings. The minimum atomic E-state index is -1.03. The molecule has 1 aliphatic rings. The number of carboxylic acid groups (broad SMARTS) is 1. The van der Waals surface area contributed by atoms with E-state index >= 15 is 4.39 Å². The standard InChI is InChI=1S/C20H21FN6O4/c1-30-14-9-11-16(15(21)17(14)31-2)24-19(25-18(11)22)27-8-7-26(20(28)29)10-13(27)12-5-3-4-6-23-12/h3-6,9,13H,7-8,10H2,1-2H3,(H,28,29)(H2,22,24,25). The topological polar surface area (TPSA) is 127 Å². The molecule has 0 bridgehead atoms. The molecule has 1 aromatic carbocycles. The third-order valence-corrected chi connectivity index (χ3v) is 5.23. The lowest BCUT2D eigenvalue weighted by atomic mass is 10.1. The Bertz CT molecular complexity index is 1130. The highest BCUT2D eigenvalue weighted by molar-refractivity contribution is 5.92. The lowest BCUT2D eigenvalue weighted by molar-refractivity contribution is 0.134. The van der Waals surface area contributed by atoms with Crippen LogP contribution in [0.2, 0.25) is 0 Å². The molecular weight excluding hydrogens is 407 g/mol. The molecular formula is C20H21FN6O4. The van der Waals surface area contributed by atoms with Crippen LogP contribution in [0.4, 0.5) is 21.0 Å². The molecule has 4 rings (SSSR count). The van der Waals surface area contributed by atoms with Crippen LogP contribution in [-0.4, -0.2) is 64.9 Å². The number of hydrogen-bond acceptors (Lipinski definition) is 8. The molecule has 0 radical (unpaired) electrons. The molecule has 0 aliphatic carbocycles. The van der Waals surface area contributed by atoms with Crippen LogP contribution in [0.15, 0.2) is 30.5 Å². The number of pyridine rings is 1. The van der Waals surface area contributed by atoms with Gasteiger partial charge in [0.25, 0.3) is 0 Å². The molecule has 1 fully saturated rings. The number of nitrogen functional groups attached to an aromatic ring is 1. The van der Waals surface area contributed by atoms with E-state index in [1.54, 1.807) is 23.2 Å². The lowest BCUT2D eigenvalue weighted by Crippen LogP contribution is -2.51. The van der Waals surface area contributed by atoms with Crippen molar-refractivity contribution in [3.63, 3.8) is 0 Å². The van der Waals surface area contributed by atoms with Crippen molar-refractivity contribution in [1.29, 1.82) is 0 Å². The molecule has 10 nitrogen and oxygen atoms in total. The van der Waals surface area contributed by atoms with Crippen LogP contribution in [0.5, 0.6) is 11.5 Å². The van der Waals surface area contributed by atoms with E-state index in [2.05, 4.69) is 15.0 Å². The van der Waals surface area contributed by atoms with E-state index in [-0.39, 0.29) is 53.8 Å². The number of carbonyl (C=O) groups is 1. The number of amides is 1. The van der Waals surface area contributed by atoms with Gasteiger partial charge in [-0.1, -0.05) is 6.07 Å². The van der Waals surface area contributed by atoms with Gasteiger partial charge in [-0.05, 0) is 18.2 Å². The monoisotopic (exact) mass is 428 g/mol. The highest BCUT2D eigenvalue weighted by atomic mass is 19.1. The van der Waals surface area contributed by atoms with E-state index in [4.69, 9.17) is 15.2 Å². The van der Waals surface area contributed by atoms with E-state index in [9.17, 15) is 9.90 Å². The predicted octanol–water partition coefficient (Wildman–Crippen LogP) is 2.30. The Kier molecular flexibility index (Phi) is 5.32. The van der Waals surface area contributed by atoms with Gasteiger partial charge >= 0.3 is 6.09 Å². The van der Waals surface area contributed by atoms with Crippen molar-refractivity contribution >= 4 is 28.8 Å². The van der Waals surface area contributed by atoms with Crippen molar-refractivity contribution in [3.05, 3.63) is 42.0 Å². The van der Waals surface area contributed by atoms with Crippen molar-refractivity contribution in [2.75, 3.05) is 44.5 Å². The summed E-state index contributed by atoms with van der Waals surface area (Å²) in [7, 11) is 2.73. The summed E-state index contributed by atoms with van der Waals surface area (Å²) in [6, 6.07) is 6.43. The van der Waals surface area contributed by atoms with Gasteiger partial charge in [-0.15, -0.1) is 0 Å². The molecule has 11 heteroatoms. The zero-order valence-electron chi connectivity index (χ0n) is 16.9. The van der Waals surface area contributed by atoms with Crippen LogP contribution < -0.4 is 20.1 Å². The number of ether oxygens (including phenoxy) is 2. The van der Waals surface area contributed by atoms with Gasteiger partial charge in [-0.25, -0.2) is 14.2 Å². The van der Waals surface area contributed by atoms with Crippen LogP contribution in [-0.2, 0) is 0 Å². The van der Waals surface area contributed by atoms with Gasteiger partial charge in [-0.3, -0.25) is 4.98 Å². The van der Waals surface area contributed by atoms with Crippen LogP contribution in [0.1, 0.15) is 11.7 Å². The largest absolute Gasteiger partial charge is 0.493 e. The highest BCUT2D eigenvalue weighted by Gasteiger charge is 2.33. The average molecular weight is 428 g/mol. The first-order valence-corrected chi connectivity index (χ1v) is 9.47. The van der Waals surface area contributed by atoms with Crippen LogP contribution in [0, 0.1) is 5.82 Å². The smallest absolute Gasteiger partial charge is 0.407 e. The number of piperazine rings is 1. The summed E-state index contributed by atoms with van der Waals surface area (Å²) in [5.41, 5.74) is 6.78. The molecule has 0 saturated carbocycles. The fourth-order valence-corrected chi connectivity index (χ4v) is 3.69. The van der Waals surface area contributed by atoms with Crippen molar-refractivity contribution in [3.8, 4) is 11.5 Å². The molecule has 1 aliphatic heterocycles. The van der Waals surface area contributed by atoms with E-state index in [1.165, 1.54) is 25.2 Å². The Balaban J connectivity index is 1.84. The molecule has 1 amide bonds. The fourth-order valence-electron chi connectivity index (χ4n) is 3.69. The molecule has 1 atom stereocenters. The summed E-state index contributed by atoms with van der Waals surface area (Å²) in [6.07, 6.45) is 0.599. The number of hydrogen-bond donors (Lipinski definition) is 2. The number of anilines is 2. The second-order valence-electron chi connectivity index (χ2n) is 6.92. The Hall–Kier alpha value is -3.89. The minimum Gasteiger partial charge on any atom is -0.493 e. The van der Waals surface area contributed by atoms with E-state index < -0.39 is 18.0 Å². The van der Waals surface area contributed by atoms with Crippen molar-refractivity contribution < 1.29 is 23.8 Å². The first-order chi connectivity index (χ1) is 14.9. The van der Waals surface area contributed by atoms with Gasteiger partial charge in [0.2, 0.25) is 5.95 Å². The van der Waals surface area contributed by atoms with E-state index in [0.29, 0.717) is 5.69 Å². The maximum atomic E-state index is 15.2. The molecule has 1 unspecified atom stereocenters. The Labute approximate surface area is 177 Å². The number of methoxy groups -OCH3 is 2. The van der Waals surface area contributed by atoms with Crippen molar-refractivity contribution in [1.82, 2.24) is 19.9 Å². The summed E-state index contributed by atoms with van der Waals surface area (Å²) in [5.74, 6) is -0.379. The fraction of sp³-hybridized carbons (Fsp3) is 0.300. The van der Waals surface area contributed by atoms with Gasteiger partial charge < -0.3 is 30.1 Å². The van der Waals surface area contributed by atoms with Crippen LogP contribution in [0.3, 0.4) is 0 Å².